The van der Waals surface area contributed by atoms with Gasteiger partial charge in [-0.05, 0) is 17.7 Å². The lowest BCUT2D eigenvalue weighted by atomic mass is 10.1. The van der Waals surface area contributed by atoms with E-state index in [9.17, 15) is 0 Å². The van der Waals surface area contributed by atoms with Gasteiger partial charge in [-0.3, -0.25) is 4.68 Å². The minimum absolute atomic E-state index is 0.491. The summed E-state index contributed by atoms with van der Waals surface area (Å²) in [7, 11) is 1.84. The van der Waals surface area contributed by atoms with Gasteiger partial charge in [0.15, 0.2) is 0 Å². The van der Waals surface area contributed by atoms with E-state index in [0.29, 0.717) is 23.8 Å². The summed E-state index contributed by atoms with van der Waals surface area (Å²) in [5.41, 5.74) is 8.27. The maximum absolute atomic E-state index is 5.88. The average Bonchev–Trinajstić information content (AvgIpc) is 3.01. The molecule has 6 heteroatoms. The van der Waals surface area contributed by atoms with Gasteiger partial charge in [-0.15, -0.1) is 0 Å². The first-order valence-corrected chi connectivity index (χ1v) is 5.88. The van der Waals surface area contributed by atoms with Crippen molar-refractivity contribution in [2.24, 2.45) is 7.05 Å². The summed E-state index contributed by atoms with van der Waals surface area (Å²) >= 11 is 0. The van der Waals surface area contributed by atoms with Gasteiger partial charge in [-0.2, -0.15) is 10.1 Å². The topological polar surface area (TPSA) is 82.8 Å². The first-order chi connectivity index (χ1) is 9.22. The second-order valence-electron chi connectivity index (χ2n) is 4.26. The van der Waals surface area contributed by atoms with Crippen LogP contribution in [-0.2, 0) is 13.5 Å². The zero-order valence-electron chi connectivity index (χ0n) is 10.4. The monoisotopic (exact) mass is 255 g/mol. The fourth-order valence-corrected chi connectivity index (χ4v) is 1.82. The first kappa shape index (κ1) is 11.5. The van der Waals surface area contributed by atoms with Crippen LogP contribution < -0.4 is 5.73 Å². The van der Waals surface area contributed by atoms with Crippen LogP contribution in [0, 0.1) is 0 Å². The summed E-state index contributed by atoms with van der Waals surface area (Å²) in [6.45, 7) is 0. The van der Waals surface area contributed by atoms with Gasteiger partial charge in [0.1, 0.15) is 5.69 Å². The molecule has 3 rings (SSSR count). The normalized spacial score (nSPS) is 10.8. The van der Waals surface area contributed by atoms with Gasteiger partial charge in [0.25, 0.3) is 0 Å². The number of hydrogen-bond donors (Lipinski definition) is 1. The van der Waals surface area contributed by atoms with Crippen molar-refractivity contribution in [1.82, 2.24) is 19.9 Å². The zero-order valence-corrected chi connectivity index (χ0v) is 10.4. The van der Waals surface area contributed by atoms with Gasteiger partial charge in [0.05, 0.1) is 6.42 Å². The Morgan fingerprint density at radius 2 is 2.11 bits per heavy atom. The Morgan fingerprint density at radius 1 is 1.26 bits per heavy atom. The third kappa shape index (κ3) is 2.33. The van der Waals surface area contributed by atoms with Crippen molar-refractivity contribution in [3.05, 3.63) is 48.0 Å². The quantitative estimate of drug-likeness (QED) is 0.719. The molecule has 0 bridgehead atoms. The Labute approximate surface area is 109 Å². The van der Waals surface area contributed by atoms with E-state index >= 15 is 0 Å². The van der Waals surface area contributed by atoms with E-state index in [1.165, 1.54) is 0 Å². The molecule has 2 aromatic heterocycles. The Kier molecular flexibility index (Phi) is 2.75. The molecule has 96 valence electrons. The second-order valence-corrected chi connectivity index (χ2v) is 4.26. The fourth-order valence-electron chi connectivity index (χ4n) is 1.82. The van der Waals surface area contributed by atoms with Crippen LogP contribution in [0.2, 0.25) is 0 Å². The summed E-state index contributed by atoms with van der Waals surface area (Å²) in [6.07, 6.45) is 2.35. The van der Waals surface area contributed by atoms with Crippen molar-refractivity contribution in [3.63, 3.8) is 0 Å². The third-order valence-electron chi connectivity index (χ3n) is 2.81. The van der Waals surface area contributed by atoms with E-state index < -0.39 is 0 Å². The molecule has 0 aliphatic carbocycles. The van der Waals surface area contributed by atoms with Crippen molar-refractivity contribution < 1.29 is 4.52 Å². The highest BCUT2D eigenvalue weighted by molar-refractivity contribution is 5.49. The first-order valence-electron chi connectivity index (χ1n) is 5.88. The van der Waals surface area contributed by atoms with Crippen molar-refractivity contribution in [2.45, 2.75) is 6.42 Å². The Morgan fingerprint density at radius 3 is 2.84 bits per heavy atom. The van der Waals surface area contributed by atoms with Crippen LogP contribution in [-0.4, -0.2) is 19.9 Å². The van der Waals surface area contributed by atoms with Crippen molar-refractivity contribution in [3.8, 4) is 11.5 Å². The van der Waals surface area contributed by atoms with Crippen LogP contribution in [0.5, 0.6) is 0 Å². The summed E-state index contributed by atoms with van der Waals surface area (Å²) in [5.74, 6) is 1.02. The Hall–Kier alpha value is -2.63. The fraction of sp³-hybridized carbons (Fsp3) is 0.154. The molecule has 2 N–H and O–H groups in total. The van der Waals surface area contributed by atoms with E-state index in [4.69, 9.17) is 10.3 Å². The minimum Gasteiger partial charge on any atom is -0.398 e. The molecule has 0 spiro atoms. The lowest BCUT2D eigenvalue weighted by Crippen LogP contribution is -1.95. The summed E-state index contributed by atoms with van der Waals surface area (Å²) in [5, 5.41) is 8.15. The molecular formula is C13H13N5O. The van der Waals surface area contributed by atoms with E-state index in [0.717, 1.165) is 11.3 Å². The molecular weight excluding hydrogens is 242 g/mol. The second kappa shape index (κ2) is 4.56. The largest absolute Gasteiger partial charge is 0.398 e. The highest BCUT2D eigenvalue weighted by atomic mass is 16.5. The van der Waals surface area contributed by atoms with E-state index in [1.807, 2.05) is 43.6 Å². The lowest BCUT2D eigenvalue weighted by molar-refractivity contribution is 0.385. The van der Waals surface area contributed by atoms with Crippen molar-refractivity contribution in [2.75, 3.05) is 5.73 Å². The molecule has 0 amide bonds. The molecule has 3 aromatic rings. The molecule has 0 radical (unpaired) electrons. The Bertz CT molecular complexity index is 700. The number of rotatable bonds is 3. The molecule has 19 heavy (non-hydrogen) atoms. The number of nitrogens with two attached hydrogens (primary N) is 1. The minimum atomic E-state index is 0.491. The SMILES string of the molecule is Cn1ccc(-c2noc(Cc3ccccc3N)n2)n1. The number of nitrogens with zero attached hydrogens (tertiary/aromatic N) is 4. The predicted molar refractivity (Wildman–Crippen MR) is 70.2 cm³/mol. The van der Waals surface area contributed by atoms with Crippen LogP contribution in [0.25, 0.3) is 11.5 Å². The third-order valence-corrected chi connectivity index (χ3v) is 2.81. The molecule has 0 saturated heterocycles. The number of anilines is 1. The molecule has 0 saturated carbocycles. The van der Waals surface area contributed by atoms with Gasteiger partial charge in [-0.1, -0.05) is 23.4 Å². The van der Waals surface area contributed by atoms with Crippen LogP contribution in [0.15, 0.2) is 41.1 Å². The van der Waals surface area contributed by atoms with Gasteiger partial charge < -0.3 is 10.3 Å². The summed E-state index contributed by atoms with van der Waals surface area (Å²) < 4.78 is 6.92. The molecule has 1 aromatic carbocycles. The molecule has 0 aliphatic heterocycles. The number of benzene rings is 1. The number of hydrogen-bond acceptors (Lipinski definition) is 5. The van der Waals surface area contributed by atoms with Gasteiger partial charge in [-0.25, -0.2) is 0 Å². The van der Waals surface area contributed by atoms with Gasteiger partial charge in [0.2, 0.25) is 11.7 Å². The zero-order chi connectivity index (χ0) is 13.2. The van der Waals surface area contributed by atoms with Crippen LogP contribution in [0.4, 0.5) is 5.69 Å². The highest BCUT2D eigenvalue weighted by Crippen LogP contribution is 2.17. The van der Waals surface area contributed by atoms with Crippen LogP contribution in [0.1, 0.15) is 11.5 Å². The van der Waals surface area contributed by atoms with E-state index in [-0.39, 0.29) is 0 Å². The predicted octanol–water partition coefficient (Wildman–Crippen LogP) is 1.64. The number of aryl methyl sites for hydroxylation is 1. The average molecular weight is 255 g/mol. The molecule has 6 nitrogen and oxygen atoms in total. The number of nitrogen functional groups attached to an aromatic ring is 1. The van der Waals surface area contributed by atoms with Crippen molar-refractivity contribution >= 4 is 5.69 Å². The lowest BCUT2D eigenvalue weighted by Gasteiger charge is -2.00. The molecule has 0 unspecified atom stereocenters. The summed E-state index contributed by atoms with van der Waals surface area (Å²) in [4.78, 5) is 4.32. The van der Waals surface area contributed by atoms with Crippen LogP contribution in [0.3, 0.4) is 0 Å². The maximum Gasteiger partial charge on any atom is 0.231 e. The van der Waals surface area contributed by atoms with Gasteiger partial charge in [0, 0.05) is 18.9 Å². The van der Waals surface area contributed by atoms with Gasteiger partial charge >= 0.3 is 0 Å². The summed E-state index contributed by atoms with van der Waals surface area (Å²) in [6, 6.07) is 9.46. The van der Waals surface area contributed by atoms with Crippen molar-refractivity contribution in [1.29, 1.82) is 0 Å². The molecule has 2 heterocycles. The molecule has 0 aliphatic rings. The molecule has 0 atom stereocenters. The highest BCUT2D eigenvalue weighted by Gasteiger charge is 2.12. The van der Waals surface area contributed by atoms with Crippen LogP contribution >= 0.6 is 0 Å². The number of para-hydroxylation sites is 1. The smallest absolute Gasteiger partial charge is 0.231 e. The standard InChI is InChI=1S/C13H13N5O/c1-18-7-6-11(16-18)13-15-12(19-17-13)8-9-4-2-3-5-10(9)14/h2-7H,8,14H2,1H3. The van der Waals surface area contributed by atoms with E-state index in [1.54, 1.807) is 4.68 Å². The van der Waals surface area contributed by atoms with E-state index in [2.05, 4.69) is 15.2 Å². The number of aromatic nitrogens is 4. The molecule has 0 fully saturated rings. The maximum atomic E-state index is 5.88. The Balaban J connectivity index is 1.84.